The third-order valence-corrected chi connectivity index (χ3v) is 1.93. The fourth-order valence-electron chi connectivity index (χ4n) is 0.743. The van der Waals surface area contributed by atoms with Crippen LogP contribution in [0.5, 0.6) is 0 Å². The van der Waals surface area contributed by atoms with Gasteiger partial charge < -0.3 is 47.5 Å². The second-order valence-electron chi connectivity index (χ2n) is 5.18. The maximum atomic E-state index is 9.50. The molecule has 30 heavy (non-hydrogen) atoms. The van der Waals surface area contributed by atoms with Crippen LogP contribution in [-0.4, -0.2) is 43.7 Å². The van der Waals surface area contributed by atoms with Crippen LogP contribution in [0.3, 0.4) is 0 Å². The molecule has 4 nitrogen and oxygen atoms in total. The molecule has 0 rings (SSSR count). The molecule has 0 spiro atoms. The summed E-state index contributed by atoms with van der Waals surface area (Å²) in [5, 5.41) is 2.89. The summed E-state index contributed by atoms with van der Waals surface area (Å²) in [6.07, 6.45) is 7.76. The van der Waals surface area contributed by atoms with Gasteiger partial charge in [-0.15, -0.1) is 26.2 Å². The van der Waals surface area contributed by atoms with E-state index >= 15 is 0 Å². The van der Waals surface area contributed by atoms with E-state index in [0.29, 0.717) is 0 Å². The number of nitrogens with one attached hydrogen (secondary N) is 1. The van der Waals surface area contributed by atoms with Gasteiger partial charge in [-0.2, -0.15) is 0 Å². The van der Waals surface area contributed by atoms with Gasteiger partial charge in [-0.05, 0) is 33.0 Å². The van der Waals surface area contributed by atoms with Crippen molar-refractivity contribution in [2.45, 2.75) is 34.6 Å². The zero-order valence-electron chi connectivity index (χ0n) is 20.1. The second kappa shape index (κ2) is 49.6. The Morgan fingerprint density at radius 2 is 1.33 bits per heavy atom. The van der Waals surface area contributed by atoms with E-state index in [9.17, 15) is 4.79 Å². The number of carbonyl (C=O) groups excluding carboxylic acids is 2. The van der Waals surface area contributed by atoms with Gasteiger partial charge in [0.1, 0.15) is 12.6 Å². The van der Waals surface area contributed by atoms with Crippen LogP contribution in [0, 0.1) is 33.6 Å². The summed E-state index contributed by atoms with van der Waals surface area (Å²) in [7, 11) is 0. The van der Waals surface area contributed by atoms with Gasteiger partial charge in [0.25, 0.3) is 0 Å². The van der Waals surface area contributed by atoms with Crippen molar-refractivity contribution in [3.05, 3.63) is 51.6 Å². The average molecular weight is 949 g/mol. The summed E-state index contributed by atoms with van der Waals surface area (Å²) in [6, 6.07) is 0. The van der Waals surface area contributed by atoms with E-state index in [4.69, 9.17) is 4.79 Å². The van der Waals surface area contributed by atoms with Crippen LogP contribution in [0.4, 0.5) is 0 Å². The van der Waals surface area contributed by atoms with Crippen LogP contribution in [-0.2, 0) is 79.9 Å². The van der Waals surface area contributed by atoms with E-state index in [1.54, 1.807) is 0 Å². The smallest absolute Gasteiger partial charge is 0 e. The predicted molar refractivity (Wildman–Crippen MR) is 150 cm³/mol. The minimum Gasteiger partial charge on any atom is 0 e. The molecule has 0 aromatic heterocycles. The Kier molecular flexibility index (Phi) is 83.5. The van der Waals surface area contributed by atoms with Crippen molar-refractivity contribution >= 4 is 72.5 Å². The largest absolute Gasteiger partial charge is 0 e. The fraction of sp³-hybridized carbons (Fsp3) is 0.500. The second-order valence-corrected chi connectivity index (χ2v) is 40.5. The Bertz CT molecular complexity index is 359. The number of halogens is 3. The molecule has 2 radical (unpaired) electrons. The van der Waals surface area contributed by atoms with Crippen molar-refractivity contribution in [2.75, 3.05) is 26.2 Å². The first-order valence-electron chi connectivity index (χ1n) is 8.60. The Hall–Kier alpha value is 3.56. The molecule has 0 aromatic rings. The maximum Gasteiger partial charge on any atom is 0 e. The SMILES string of the molecule is CC(C)C=O.CC=O.[CH2-]CN(/C=C/C=C(C)C)C[CH2-].[CH2-]CNC[CH2-].[H+].[I][V]([I])[I].[Y].[Y]. The van der Waals surface area contributed by atoms with Gasteiger partial charge in [0, 0.05) is 71.3 Å². The van der Waals surface area contributed by atoms with Crippen molar-refractivity contribution in [1.29, 1.82) is 0 Å². The molecule has 0 saturated heterocycles. The molecule has 0 aromatic carbocycles. The van der Waals surface area contributed by atoms with Gasteiger partial charge in [0.15, 0.2) is 0 Å². The quantitative estimate of drug-likeness (QED) is 0.138. The van der Waals surface area contributed by atoms with Gasteiger partial charge in [0.05, 0.1) is 0 Å². The van der Waals surface area contributed by atoms with Crippen molar-refractivity contribution in [2.24, 2.45) is 5.92 Å². The van der Waals surface area contributed by atoms with E-state index in [-0.39, 0.29) is 77.7 Å². The molecule has 0 aliphatic heterocycles. The summed E-state index contributed by atoms with van der Waals surface area (Å²) in [4.78, 5) is 20.1. The van der Waals surface area contributed by atoms with Gasteiger partial charge in [-0.25, -0.2) is 0 Å². The monoisotopic (exact) mass is 949 g/mol. The predicted octanol–water partition coefficient (Wildman–Crippen LogP) is 6.49. The van der Waals surface area contributed by atoms with E-state index in [1.807, 2.05) is 31.0 Å². The van der Waals surface area contributed by atoms with Crippen LogP contribution in [0.15, 0.2) is 23.9 Å². The first kappa shape index (κ1) is 50.4. The van der Waals surface area contributed by atoms with Crippen LogP contribution < -0.4 is 5.32 Å². The normalized spacial score (nSPS) is 8.20. The summed E-state index contributed by atoms with van der Waals surface area (Å²) >= 11 is 7.39. The zero-order valence-corrected chi connectivity index (χ0v) is 32.7. The van der Waals surface area contributed by atoms with Gasteiger partial charge in [-0.1, -0.05) is 25.5 Å². The zero-order chi connectivity index (χ0) is 23.4. The minimum absolute atomic E-state index is 0. The van der Waals surface area contributed by atoms with Crippen molar-refractivity contribution in [3.63, 3.8) is 0 Å². The van der Waals surface area contributed by atoms with Gasteiger partial charge in [-0.3, -0.25) is 0 Å². The summed E-state index contributed by atoms with van der Waals surface area (Å²) < 4.78 is 0. The summed E-state index contributed by atoms with van der Waals surface area (Å²) in [6.45, 7) is 27.0. The van der Waals surface area contributed by atoms with Crippen molar-refractivity contribution in [1.82, 2.24) is 10.2 Å². The number of allylic oxidation sites excluding steroid dienone is 3. The van der Waals surface area contributed by atoms with E-state index in [2.05, 4.69) is 113 Å². The molecule has 10 heteroatoms. The third-order valence-electron chi connectivity index (χ3n) is 1.93. The number of rotatable bonds is 7. The fourth-order valence-corrected chi connectivity index (χ4v) is 0.743. The molecule has 0 atom stereocenters. The molecule has 0 fully saturated rings. The summed E-state index contributed by atoms with van der Waals surface area (Å²) in [5.74, 6) is 0.204. The molecule has 0 aliphatic carbocycles. The molecule has 1 N–H and O–H groups in total. The first-order valence-corrected chi connectivity index (χ1v) is 22.1. The number of hydrogen-bond acceptors (Lipinski definition) is 4. The van der Waals surface area contributed by atoms with Crippen LogP contribution in [0.2, 0.25) is 0 Å². The van der Waals surface area contributed by atoms with Gasteiger partial charge in [0.2, 0.25) is 0 Å². The number of hydrogen-bond donors (Lipinski definition) is 1. The maximum absolute atomic E-state index is 9.50. The molecule has 0 heterocycles. The van der Waals surface area contributed by atoms with E-state index in [1.165, 1.54) is 12.5 Å². The first-order chi connectivity index (χ1) is 13.0. The molecule has 0 unspecified atom stereocenters. The van der Waals surface area contributed by atoms with E-state index < -0.39 is 0 Å². The van der Waals surface area contributed by atoms with Gasteiger partial charge >= 0.3 is 66.3 Å². The Balaban J connectivity index is -0.0000000380. The molecule has 176 valence electrons. The van der Waals surface area contributed by atoms with Crippen molar-refractivity contribution < 1.29 is 81.4 Å². The number of carbonyl (C=O) groups is 2. The van der Waals surface area contributed by atoms with Crippen LogP contribution >= 0.6 is 59.9 Å². The van der Waals surface area contributed by atoms with E-state index in [0.717, 1.165) is 38.8 Å². The topological polar surface area (TPSA) is 49.4 Å². The van der Waals surface area contributed by atoms with Crippen LogP contribution in [0.1, 0.15) is 36.0 Å². The molecular weight excluding hydrogens is 910 g/mol. The Morgan fingerprint density at radius 1 is 1.03 bits per heavy atom. The number of nitrogens with zero attached hydrogens (tertiary/aromatic N) is 1. The summed E-state index contributed by atoms with van der Waals surface area (Å²) in [5.41, 5.74) is 1.30. The van der Waals surface area contributed by atoms with Crippen molar-refractivity contribution in [3.8, 4) is 0 Å². The van der Waals surface area contributed by atoms with Crippen LogP contribution in [0.25, 0.3) is 0 Å². The molecular formula is C20H39I3N2O2VY2-3. The third kappa shape index (κ3) is 95.6. The Labute approximate surface area is 277 Å². The molecule has 0 aliphatic rings. The minimum atomic E-state index is -0.278. The molecule has 0 saturated carbocycles. The molecule has 0 bridgehead atoms. The standard InChI is InChI=1S/C10H17N.C4H9N.C4H8O.C2H4O.3HI.V.2Y/c1-5-11(6-2)9-7-8-10(3)4;1-3-5-4-2;1-4(2)3-5;1-2-3;;;;;;/h7-9H,1-2,5-6H2,3-4H3;5H,1-4H2;3-4H,1-2H3;2H,1H3;3*1H;;;/q2*-2;;;;;;+3;;/p-2/b9-7+;;;;;;;;;. The molecule has 0 amide bonds. The average Bonchev–Trinajstić information content (AvgIpc) is 2.60. The Morgan fingerprint density at radius 3 is 1.47 bits per heavy atom. The number of aldehydes is 2.